The maximum atomic E-state index is 12.1. The standard InChI is InChI=1S/C13H10N6O2/c20-12(16-9-5-1-3-7-14-9)11-13(21)19(18-17-11)10-6-2-4-8-15-10/h1-8,18H,(H,14,16,20). The van der Waals surface area contributed by atoms with Gasteiger partial charge >= 0.3 is 5.56 Å². The van der Waals surface area contributed by atoms with Gasteiger partial charge in [0, 0.05) is 12.4 Å². The van der Waals surface area contributed by atoms with E-state index in [4.69, 9.17) is 0 Å². The SMILES string of the molecule is O=C(Nc1ccccn1)c1n[nH]n(-c2ccccn2)c1=O. The van der Waals surface area contributed by atoms with Crippen molar-refractivity contribution in [1.82, 2.24) is 25.0 Å². The number of H-pyrrole nitrogens is 1. The zero-order chi connectivity index (χ0) is 14.7. The van der Waals surface area contributed by atoms with Gasteiger partial charge in [-0.2, -0.15) is 4.68 Å². The van der Waals surface area contributed by atoms with Crippen molar-refractivity contribution in [2.45, 2.75) is 0 Å². The Balaban J connectivity index is 1.89. The van der Waals surface area contributed by atoms with Crippen LogP contribution in [0.5, 0.6) is 0 Å². The molecule has 1 amide bonds. The number of carbonyl (C=O) groups is 1. The van der Waals surface area contributed by atoms with Gasteiger partial charge in [-0.15, -0.1) is 5.10 Å². The molecule has 8 heteroatoms. The molecule has 0 aliphatic rings. The molecule has 3 aromatic heterocycles. The number of hydrogen-bond donors (Lipinski definition) is 2. The van der Waals surface area contributed by atoms with Crippen LogP contribution in [0.15, 0.2) is 53.6 Å². The number of hydrogen-bond acceptors (Lipinski definition) is 5. The van der Waals surface area contributed by atoms with Gasteiger partial charge in [0.2, 0.25) is 5.69 Å². The first-order valence-electron chi connectivity index (χ1n) is 6.07. The second-order valence-corrected chi connectivity index (χ2v) is 4.06. The fourth-order valence-corrected chi connectivity index (χ4v) is 1.70. The summed E-state index contributed by atoms with van der Waals surface area (Å²) in [5.74, 6) is 0.0609. The van der Waals surface area contributed by atoms with Gasteiger partial charge < -0.3 is 5.32 Å². The van der Waals surface area contributed by atoms with Crippen molar-refractivity contribution < 1.29 is 4.79 Å². The van der Waals surface area contributed by atoms with E-state index in [-0.39, 0.29) is 5.69 Å². The molecule has 0 aliphatic carbocycles. The highest BCUT2D eigenvalue weighted by atomic mass is 16.2. The highest BCUT2D eigenvalue weighted by Gasteiger charge is 2.18. The normalized spacial score (nSPS) is 10.3. The topological polar surface area (TPSA) is 106 Å². The summed E-state index contributed by atoms with van der Waals surface area (Å²) in [7, 11) is 0. The zero-order valence-electron chi connectivity index (χ0n) is 10.7. The summed E-state index contributed by atoms with van der Waals surface area (Å²) in [4.78, 5) is 32.1. The summed E-state index contributed by atoms with van der Waals surface area (Å²) in [6.45, 7) is 0. The molecule has 0 aliphatic heterocycles. The minimum atomic E-state index is -0.635. The lowest BCUT2D eigenvalue weighted by Gasteiger charge is -1.99. The smallest absolute Gasteiger partial charge is 0.305 e. The van der Waals surface area contributed by atoms with Crippen LogP contribution in [-0.4, -0.2) is 30.9 Å². The van der Waals surface area contributed by atoms with Crippen molar-refractivity contribution in [3.8, 4) is 5.82 Å². The molecule has 0 fully saturated rings. The summed E-state index contributed by atoms with van der Waals surface area (Å²) in [6.07, 6.45) is 3.07. The van der Waals surface area contributed by atoms with E-state index in [1.165, 1.54) is 12.4 Å². The molecule has 3 aromatic rings. The van der Waals surface area contributed by atoms with Crippen LogP contribution in [0.25, 0.3) is 5.82 Å². The summed E-state index contributed by atoms with van der Waals surface area (Å²) in [5, 5.41) is 8.70. The molecule has 3 heterocycles. The van der Waals surface area contributed by atoms with Crippen molar-refractivity contribution in [2.75, 3.05) is 5.32 Å². The lowest BCUT2D eigenvalue weighted by Crippen LogP contribution is -2.25. The molecule has 0 bridgehead atoms. The molecule has 0 unspecified atom stereocenters. The summed E-state index contributed by atoms with van der Waals surface area (Å²) in [5.41, 5.74) is -0.839. The van der Waals surface area contributed by atoms with E-state index in [0.29, 0.717) is 11.6 Å². The third kappa shape index (κ3) is 2.54. The number of rotatable bonds is 3. The third-order valence-corrected chi connectivity index (χ3v) is 2.67. The Labute approximate surface area is 118 Å². The first kappa shape index (κ1) is 12.7. The van der Waals surface area contributed by atoms with Crippen LogP contribution in [-0.2, 0) is 0 Å². The van der Waals surface area contributed by atoms with Crippen LogP contribution < -0.4 is 10.9 Å². The molecule has 0 radical (unpaired) electrons. The predicted molar refractivity (Wildman–Crippen MR) is 74.2 cm³/mol. The Hall–Kier alpha value is -3.29. The fourth-order valence-electron chi connectivity index (χ4n) is 1.70. The minimum absolute atomic E-state index is 0.258. The van der Waals surface area contributed by atoms with Crippen molar-refractivity contribution in [3.63, 3.8) is 0 Å². The Morgan fingerprint density at radius 3 is 2.52 bits per heavy atom. The van der Waals surface area contributed by atoms with Crippen LogP contribution in [0, 0.1) is 0 Å². The molecular formula is C13H10N6O2. The lowest BCUT2D eigenvalue weighted by atomic mass is 10.4. The number of nitrogens with one attached hydrogen (secondary N) is 2. The molecule has 0 saturated carbocycles. The fraction of sp³-hybridized carbons (Fsp3) is 0. The Bertz CT molecular complexity index is 809. The Kier molecular flexibility index (Phi) is 3.26. The number of aromatic amines is 1. The molecule has 3 rings (SSSR count). The quantitative estimate of drug-likeness (QED) is 0.732. The molecule has 8 nitrogen and oxygen atoms in total. The number of carbonyl (C=O) groups excluding carboxylic acids is 1. The van der Waals surface area contributed by atoms with E-state index in [2.05, 4.69) is 25.6 Å². The van der Waals surface area contributed by atoms with E-state index in [9.17, 15) is 9.59 Å². The second kappa shape index (κ2) is 5.37. The summed E-state index contributed by atoms with van der Waals surface area (Å²) < 4.78 is 1.09. The van der Waals surface area contributed by atoms with E-state index < -0.39 is 11.5 Å². The first-order valence-corrected chi connectivity index (χ1v) is 6.07. The maximum Gasteiger partial charge on any atom is 0.305 e. The highest BCUT2D eigenvalue weighted by Crippen LogP contribution is 2.02. The van der Waals surface area contributed by atoms with Crippen LogP contribution in [0.1, 0.15) is 10.5 Å². The van der Waals surface area contributed by atoms with Gasteiger partial charge in [0.25, 0.3) is 5.91 Å². The van der Waals surface area contributed by atoms with Crippen LogP contribution in [0.3, 0.4) is 0 Å². The average Bonchev–Trinajstić information content (AvgIpc) is 2.91. The molecule has 0 aromatic carbocycles. The molecule has 0 saturated heterocycles. The van der Waals surface area contributed by atoms with Gasteiger partial charge in [0.05, 0.1) is 0 Å². The van der Waals surface area contributed by atoms with E-state index in [0.717, 1.165) is 4.68 Å². The largest absolute Gasteiger partial charge is 0.305 e. The van der Waals surface area contributed by atoms with Crippen molar-refractivity contribution in [3.05, 3.63) is 64.8 Å². The van der Waals surface area contributed by atoms with Crippen LogP contribution >= 0.6 is 0 Å². The molecule has 0 atom stereocenters. The number of aromatic nitrogens is 5. The first-order chi connectivity index (χ1) is 10.3. The van der Waals surface area contributed by atoms with Gasteiger partial charge in [0.1, 0.15) is 5.82 Å². The van der Waals surface area contributed by atoms with Gasteiger partial charge in [0.15, 0.2) is 5.82 Å². The van der Waals surface area contributed by atoms with Crippen molar-refractivity contribution >= 4 is 11.7 Å². The molecular weight excluding hydrogens is 272 g/mol. The Morgan fingerprint density at radius 1 is 1.10 bits per heavy atom. The molecule has 21 heavy (non-hydrogen) atoms. The lowest BCUT2D eigenvalue weighted by molar-refractivity contribution is 0.102. The monoisotopic (exact) mass is 282 g/mol. The third-order valence-electron chi connectivity index (χ3n) is 2.67. The maximum absolute atomic E-state index is 12.1. The number of nitrogens with zero attached hydrogens (tertiary/aromatic N) is 4. The van der Waals surface area contributed by atoms with E-state index in [1.54, 1.807) is 36.4 Å². The zero-order valence-corrected chi connectivity index (χ0v) is 10.7. The van der Waals surface area contributed by atoms with Gasteiger partial charge in [-0.05, 0) is 24.3 Å². The number of pyridine rings is 2. The predicted octanol–water partition coefficient (Wildman–Crippen LogP) is 0.603. The van der Waals surface area contributed by atoms with E-state index in [1.807, 2.05) is 0 Å². The van der Waals surface area contributed by atoms with Crippen LogP contribution in [0.2, 0.25) is 0 Å². The molecule has 0 spiro atoms. The van der Waals surface area contributed by atoms with Gasteiger partial charge in [-0.3, -0.25) is 9.59 Å². The highest BCUT2D eigenvalue weighted by molar-refractivity contribution is 6.01. The average molecular weight is 282 g/mol. The second-order valence-electron chi connectivity index (χ2n) is 4.06. The number of amides is 1. The number of anilines is 1. The minimum Gasteiger partial charge on any atom is -0.305 e. The van der Waals surface area contributed by atoms with E-state index >= 15 is 0 Å². The van der Waals surface area contributed by atoms with Crippen molar-refractivity contribution in [1.29, 1.82) is 0 Å². The summed E-state index contributed by atoms with van der Waals surface area (Å²) >= 11 is 0. The van der Waals surface area contributed by atoms with Crippen molar-refractivity contribution in [2.24, 2.45) is 0 Å². The van der Waals surface area contributed by atoms with Gasteiger partial charge in [-0.1, -0.05) is 12.1 Å². The summed E-state index contributed by atoms with van der Waals surface area (Å²) in [6, 6.07) is 10.1. The van der Waals surface area contributed by atoms with Crippen LogP contribution in [0.4, 0.5) is 5.82 Å². The molecule has 104 valence electrons. The Morgan fingerprint density at radius 2 is 1.86 bits per heavy atom. The van der Waals surface area contributed by atoms with Gasteiger partial charge in [-0.25, -0.2) is 15.2 Å². The molecule has 2 N–H and O–H groups in total.